The molecule has 0 bridgehead atoms. The Morgan fingerprint density at radius 1 is 1.24 bits per heavy atom. The fraction of sp³-hybridized carbons (Fsp3) is 0.294. The van der Waals surface area contributed by atoms with Crippen molar-refractivity contribution in [3.63, 3.8) is 0 Å². The Balaban J connectivity index is 2.23. The summed E-state index contributed by atoms with van der Waals surface area (Å²) in [5, 5.41) is 3.70. The van der Waals surface area contributed by atoms with E-state index in [4.69, 9.17) is 16.3 Å². The average Bonchev–Trinajstić information content (AvgIpc) is 2.47. The van der Waals surface area contributed by atoms with E-state index < -0.39 is 0 Å². The van der Waals surface area contributed by atoms with Crippen molar-refractivity contribution in [2.75, 3.05) is 7.05 Å². The normalized spacial score (nSPS) is 12.2. The summed E-state index contributed by atoms with van der Waals surface area (Å²) >= 11 is 6.06. The maximum atomic E-state index is 13.3. The van der Waals surface area contributed by atoms with Crippen LogP contribution in [0.1, 0.15) is 29.7 Å². The molecule has 0 saturated carbocycles. The zero-order valence-electron chi connectivity index (χ0n) is 12.4. The van der Waals surface area contributed by atoms with Crippen LogP contribution in [0.15, 0.2) is 36.4 Å². The number of aryl methyl sites for hydroxylation is 1. The van der Waals surface area contributed by atoms with Gasteiger partial charge < -0.3 is 10.1 Å². The summed E-state index contributed by atoms with van der Waals surface area (Å²) in [5.41, 5.74) is 2.82. The lowest BCUT2D eigenvalue weighted by atomic mass is 10.1. The summed E-state index contributed by atoms with van der Waals surface area (Å²) in [6.07, 6.45) is 0. The Kier molecular flexibility index (Phi) is 5.21. The minimum absolute atomic E-state index is 0.170. The third-order valence-electron chi connectivity index (χ3n) is 3.46. The van der Waals surface area contributed by atoms with Gasteiger partial charge in [-0.25, -0.2) is 4.39 Å². The maximum Gasteiger partial charge on any atom is 0.124 e. The van der Waals surface area contributed by atoms with Gasteiger partial charge >= 0.3 is 0 Å². The molecule has 2 aromatic rings. The molecular formula is C17H19ClFNO. The Morgan fingerprint density at radius 3 is 2.71 bits per heavy atom. The van der Waals surface area contributed by atoms with Crippen LogP contribution in [0.5, 0.6) is 5.75 Å². The molecule has 2 aromatic carbocycles. The fourth-order valence-electron chi connectivity index (χ4n) is 2.09. The van der Waals surface area contributed by atoms with E-state index in [1.54, 1.807) is 6.07 Å². The van der Waals surface area contributed by atoms with Crippen LogP contribution >= 0.6 is 11.6 Å². The quantitative estimate of drug-likeness (QED) is 0.868. The van der Waals surface area contributed by atoms with Crippen LogP contribution in [0, 0.1) is 12.7 Å². The molecule has 4 heteroatoms. The highest BCUT2D eigenvalue weighted by Crippen LogP contribution is 2.28. The molecule has 0 aliphatic heterocycles. The Morgan fingerprint density at radius 2 is 2.00 bits per heavy atom. The standard InChI is InChI=1S/C17H19ClFNO/c1-11-4-6-15(12(2)20-3)17(8-11)21-10-13-9-14(19)5-7-16(13)18/h4-9,12,20H,10H2,1-3H3. The maximum absolute atomic E-state index is 13.3. The first-order chi connectivity index (χ1) is 10.0. The van der Waals surface area contributed by atoms with Crippen molar-refractivity contribution in [2.24, 2.45) is 0 Å². The highest BCUT2D eigenvalue weighted by Gasteiger charge is 2.11. The number of rotatable bonds is 5. The molecule has 0 aliphatic carbocycles. The molecule has 1 N–H and O–H groups in total. The molecule has 0 spiro atoms. The van der Waals surface area contributed by atoms with Gasteiger partial charge in [-0.15, -0.1) is 0 Å². The van der Waals surface area contributed by atoms with Gasteiger partial charge in [0.2, 0.25) is 0 Å². The van der Waals surface area contributed by atoms with Crippen LogP contribution in [0.2, 0.25) is 5.02 Å². The fourth-order valence-corrected chi connectivity index (χ4v) is 2.26. The lowest BCUT2D eigenvalue weighted by molar-refractivity contribution is 0.299. The first-order valence-corrected chi connectivity index (χ1v) is 7.23. The van der Waals surface area contributed by atoms with E-state index in [2.05, 4.69) is 12.2 Å². The minimum Gasteiger partial charge on any atom is -0.488 e. The van der Waals surface area contributed by atoms with Crippen molar-refractivity contribution in [1.29, 1.82) is 0 Å². The SMILES string of the molecule is CNC(C)c1ccc(C)cc1OCc1cc(F)ccc1Cl. The molecule has 0 heterocycles. The van der Waals surface area contributed by atoms with E-state index >= 15 is 0 Å². The van der Waals surface area contributed by atoms with Crippen LogP contribution in [0.25, 0.3) is 0 Å². The summed E-state index contributed by atoms with van der Waals surface area (Å²) in [6.45, 7) is 4.31. The number of benzene rings is 2. The molecule has 0 aromatic heterocycles. The molecule has 0 aliphatic rings. The van der Waals surface area contributed by atoms with E-state index in [9.17, 15) is 4.39 Å². The molecule has 1 unspecified atom stereocenters. The first kappa shape index (κ1) is 15.8. The summed E-state index contributed by atoms with van der Waals surface area (Å²) in [4.78, 5) is 0. The van der Waals surface area contributed by atoms with Gasteiger partial charge in [-0.1, -0.05) is 23.7 Å². The Bertz CT molecular complexity index is 630. The average molecular weight is 308 g/mol. The lowest BCUT2D eigenvalue weighted by Gasteiger charge is -2.17. The second-order valence-corrected chi connectivity index (χ2v) is 5.48. The second-order valence-electron chi connectivity index (χ2n) is 5.08. The van der Waals surface area contributed by atoms with Crippen LogP contribution in [-0.2, 0) is 6.61 Å². The van der Waals surface area contributed by atoms with Crippen molar-refractivity contribution in [1.82, 2.24) is 5.32 Å². The summed E-state index contributed by atoms with van der Waals surface area (Å²) in [6, 6.07) is 10.5. The Labute approximate surface area is 129 Å². The lowest BCUT2D eigenvalue weighted by Crippen LogP contribution is -2.14. The summed E-state index contributed by atoms with van der Waals surface area (Å²) < 4.78 is 19.1. The zero-order valence-corrected chi connectivity index (χ0v) is 13.2. The van der Waals surface area contributed by atoms with Gasteiger partial charge in [0.25, 0.3) is 0 Å². The minimum atomic E-state index is -0.314. The van der Waals surface area contributed by atoms with E-state index in [0.717, 1.165) is 16.9 Å². The summed E-state index contributed by atoms with van der Waals surface area (Å²) in [5.74, 6) is 0.475. The first-order valence-electron chi connectivity index (χ1n) is 6.86. The zero-order chi connectivity index (χ0) is 15.4. The topological polar surface area (TPSA) is 21.3 Å². The predicted octanol–water partition coefficient (Wildman–Crippen LogP) is 4.65. The van der Waals surface area contributed by atoms with Gasteiger partial charge in [-0.05, 0) is 50.7 Å². The molecular weight excluding hydrogens is 289 g/mol. The number of halogens is 2. The number of nitrogens with one attached hydrogen (secondary N) is 1. The monoisotopic (exact) mass is 307 g/mol. The van der Waals surface area contributed by atoms with Crippen LogP contribution in [0.3, 0.4) is 0 Å². The van der Waals surface area contributed by atoms with Crippen molar-refractivity contribution < 1.29 is 9.13 Å². The molecule has 0 amide bonds. The second kappa shape index (κ2) is 6.92. The number of hydrogen-bond acceptors (Lipinski definition) is 2. The van der Waals surface area contributed by atoms with Crippen molar-refractivity contribution in [2.45, 2.75) is 26.5 Å². The largest absolute Gasteiger partial charge is 0.488 e. The van der Waals surface area contributed by atoms with Gasteiger partial charge in [0.1, 0.15) is 18.2 Å². The molecule has 0 saturated heterocycles. The molecule has 21 heavy (non-hydrogen) atoms. The molecule has 2 rings (SSSR count). The van der Waals surface area contributed by atoms with Gasteiger partial charge in [0, 0.05) is 22.2 Å². The summed E-state index contributed by atoms with van der Waals surface area (Å²) in [7, 11) is 1.90. The van der Waals surface area contributed by atoms with Crippen LogP contribution in [-0.4, -0.2) is 7.05 Å². The molecule has 2 nitrogen and oxygen atoms in total. The molecule has 112 valence electrons. The number of hydrogen-bond donors (Lipinski definition) is 1. The molecule has 1 atom stereocenters. The van der Waals surface area contributed by atoms with E-state index in [1.807, 2.05) is 32.2 Å². The van der Waals surface area contributed by atoms with Gasteiger partial charge in [0.15, 0.2) is 0 Å². The van der Waals surface area contributed by atoms with E-state index in [-0.39, 0.29) is 18.5 Å². The molecule has 0 radical (unpaired) electrons. The van der Waals surface area contributed by atoms with Gasteiger partial charge in [0.05, 0.1) is 0 Å². The number of ether oxygens (including phenoxy) is 1. The smallest absolute Gasteiger partial charge is 0.124 e. The van der Waals surface area contributed by atoms with Crippen molar-refractivity contribution >= 4 is 11.6 Å². The van der Waals surface area contributed by atoms with Crippen LogP contribution in [0.4, 0.5) is 4.39 Å². The highest BCUT2D eigenvalue weighted by molar-refractivity contribution is 6.31. The van der Waals surface area contributed by atoms with E-state index in [0.29, 0.717) is 10.6 Å². The third-order valence-corrected chi connectivity index (χ3v) is 3.83. The Hall–Kier alpha value is -1.58. The molecule has 0 fully saturated rings. The van der Waals surface area contributed by atoms with Gasteiger partial charge in [-0.2, -0.15) is 0 Å². The third kappa shape index (κ3) is 3.96. The van der Waals surface area contributed by atoms with Crippen molar-refractivity contribution in [3.05, 3.63) is 63.9 Å². The predicted molar refractivity (Wildman–Crippen MR) is 84.4 cm³/mol. The van der Waals surface area contributed by atoms with E-state index in [1.165, 1.54) is 12.1 Å². The van der Waals surface area contributed by atoms with Crippen LogP contribution < -0.4 is 10.1 Å². The van der Waals surface area contributed by atoms with Crippen molar-refractivity contribution in [3.8, 4) is 5.75 Å². The highest BCUT2D eigenvalue weighted by atomic mass is 35.5. The van der Waals surface area contributed by atoms with Gasteiger partial charge in [-0.3, -0.25) is 0 Å².